The van der Waals surface area contributed by atoms with Crippen LogP contribution in [0.3, 0.4) is 0 Å². The molecular weight excluding hydrogens is 134 g/mol. The Morgan fingerprint density at radius 1 is 1.36 bits per heavy atom. The van der Waals surface area contributed by atoms with E-state index in [4.69, 9.17) is 0 Å². The highest BCUT2D eigenvalue weighted by atomic mass is 14.9. The lowest BCUT2D eigenvalue weighted by Gasteiger charge is -2.13. The van der Waals surface area contributed by atoms with E-state index in [2.05, 4.69) is 32.7 Å². The average Bonchev–Trinajstić information content (AvgIpc) is 1.97. The maximum atomic E-state index is 3.71. The van der Waals surface area contributed by atoms with Crippen molar-refractivity contribution in [1.82, 2.24) is 5.32 Å². The fourth-order valence-electron chi connectivity index (χ4n) is 0.941. The van der Waals surface area contributed by atoms with Crippen LogP contribution in [0.25, 0.3) is 0 Å². The minimum atomic E-state index is 0.612. The van der Waals surface area contributed by atoms with Crippen LogP contribution in [0.5, 0.6) is 0 Å². The topological polar surface area (TPSA) is 12.0 Å². The maximum Gasteiger partial charge on any atom is 0.00104 e. The first-order chi connectivity index (χ1) is 5.16. The molecule has 1 N–H and O–H groups in total. The predicted octanol–water partition coefficient (Wildman–Crippen LogP) is 2.59. The second kappa shape index (κ2) is 6.41. The Kier molecular flexibility index (Phi) is 6.24. The third-order valence-corrected chi connectivity index (χ3v) is 1.74. The molecule has 0 radical (unpaired) electrons. The molecule has 1 atom stereocenters. The predicted molar refractivity (Wildman–Crippen MR) is 51.7 cm³/mol. The summed E-state index contributed by atoms with van der Waals surface area (Å²) in [6.45, 7) is 11.5. The number of hydrogen-bond acceptors (Lipinski definition) is 1. The highest BCUT2D eigenvalue weighted by Crippen LogP contribution is 2.04. The van der Waals surface area contributed by atoms with Crippen molar-refractivity contribution in [1.29, 1.82) is 0 Å². The Balaban J connectivity index is 3.21. The molecular formula is C10H21N. The van der Waals surface area contributed by atoms with Gasteiger partial charge in [-0.3, -0.25) is 0 Å². The van der Waals surface area contributed by atoms with E-state index in [1.54, 1.807) is 0 Å². The molecule has 0 amide bonds. The van der Waals surface area contributed by atoms with Crippen LogP contribution in [0.15, 0.2) is 12.7 Å². The molecule has 0 saturated carbocycles. The molecule has 0 aliphatic heterocycles. The molecule has 0 aromatic carbocycles. The SMILES string of the molecule is C=CCCC(C)CNC(C)C. The van der Waals surface area contributed by atoms with Crippen molar-refractivity contribution >= 4 is 0 Å². The minimum Gasteiger partial charge on any atom is -0.314 e. The van der Waals surface area contributed by atoms with Crippen LogP contribution >= 0.6 is 0 Å². The lowest BCUT2D eigenvalue weighted by atomic mass is 10.1. The summed E-state index contributed by atoms with van der Waals surface area (Å²) in [7, 11) is 0. The van der Waals surface area contributed by atoms with Gasteiger partial charge in [-0.15, -0.1) is 6.58 Å². The second-order valence-electron chi connectivity index (χ2n) is 3.53. The molecule has 0 saturated heterocycles. The van der Waals surface area contributed by atoms with Gasteiger partial charge in [0, 0.05) is 6.04 Å². The molecule has 1 heteroatoms. The van der Waals surface area contributed by atoms with Gasteiger partial charge < -0.3 is 5.32 Å². The Labute approximate surface area is 70.9 Å². The molecule has 0 aromatic rings. The van der Waals surface area contributed by atoms with Crippen LogP contribution in [0.4, 0.5) is 0 Å². The lowest BCUT2D eigenvalue weighted by Crippen LogP contribution is -2.27. The summed E-state index contributed by atoms with van der Waals surface area (Å²) in [5.74, 6) is 0.774. The number of hydrogen-bond donors (Lipinski definition) is 1. The van der Waals surface area contributed by atoms with Crippen molar-refractivity contribution in [2.24, 2.45) is 5.92 Å². The molecule has 66 valence electrons. The molecule has 11 heavy (non-hydrogen) atoms. The summed E-state index contributed by atoms with van der Waals surface area (Å²) in [5.41, 5.74) is 0. The van der Waals surface area contributed by atoms with Crippen LogP contribution in [-0.2, 0) is 0 Å². The van der Waals surface area contributed by atoms with E-state index in [1.807, 2.05) is 6.08 Å². The largest absolute Gasteiger partial charge is 0.314 e. The van der Waals surface area contributed by atoms with Gasteiger partial charge in [0.15, 0.2) is 0 Å². The minimum absolute atomic E-state index is 0.612. The van der Waals surface area contributed by atoms with E-state index >= 15 is 0 Å². The van der Waals surface area contributed by atoms with Crippen LogP contribution in [0, 0.1) is 5.92 Å². The van der Waals surface area contributed by atoms with E-state index in [1.165, 1.54) is 6.42 Å². The first-order valence-electron chi connectivity index (χ1n) is 4.51. The lowest BCUT2D eigenvalue weighted by molar-refractivity contribution is 0.456. The van der Waals surface area contributed by atoms with Gasteiger partial charge >= 0.3 is 0 Å². The van der Waals surface area contributed by atoms with Gasteiger partial charge in [-0.2, -0.15) is 0 Å². The van der Waals surface area contributed by atoms with Crippen LogP contribution < -0.4 is 5.32 Å². The summed E-state index contributed by atoms with van der Waals surface area (Å²) in [4.78, 5) is 0. The Bertz CT molecular complexity index is 97.0. The van der Waals surface area contributed by atoms with Crippen LogP contribution in [0.1, 0.15) is 33.6 Å². The van der Waals surface area contributed by atoms with Crippen molar-refractivity contribution in [3.63, 3.8) is 0 Å². The van der Waals surface area contributed by atoms with Gasteiger partial charge in [0.1, 0.15) is 0 Å². The average molecular weight is 155 g/mol. The van der Waals surface area contributed by atoms with Gasteiger partial charge in [0.05, 0.1) is 0 Å². The standard InChI is InChI=1S/C10H21N/c1-5-6-7-10(4)8-11-9(2)3/h5,9-11H,1,6-8H2,2-4H3. The summed E-state index contributed by atoms with van der Waals surface area (Å²) in [5, 5.41) is 3.42. The molecule has 0 fully saturated rings. The zero-order valence-corrected chi connectivity index (χ0v) is 8.06. The van der Waals surface area contributed by atoms with E-state index in [-0.39, 0.29) is 0 Å². The molecule has 0 aliphatic carbocycles. The summed E-state index contributed by atoms with van der Waals surface area (Å²) in [6.07, 6.45) is 4.38. The number of allylic oxidation sites excluding steroid dienone is 1. The zero-order valence-electron chi connectivity index (χ0n) is 8.06. The van der Waals surface area contributed by atoms with Crippen LogP contribution in [0.2, 0.25) is 0 Å². The molecule has 0 spiro atoms. The highest BCUT2D eigenvalue weighted by Gasteiger charge is 2.00. The third kappa shape index (κ3) is 7.60. The van der Waals surface area contributed by atoms with E-state index < -0.39 is 0 Å². The molecule has 0 rings (SSSR count). The third-order valence-electron chi connectivity index (χ3n) is 1.74. The van der Waals surface area contributed by atoms with Crippen molar-refractivity contribution in [3.05, 3.63) is 12.7 Å². The van der Waals surface area contributed by atoms with Gasteiger partial charge in [-0.25, -0.2) is 0 Å². The van der Waals surface area contributed by atoms with E-state index in [0.29, 0.717) is 6.04 Å². The molecule has 0 bridgehead atoms. The highest BCUT2D eigenvalue weighted by molar-refractivity contribution is 4.69. The Morgan fingerprint density at radius 3 is 2.45 bits per heavy atom. The van der Waals surface area contributed by atoms with Crippen molar-refractivity contribution in [3.8, 4) is 0 Å². The molecule has 0 aromatic heterocycles. The van der Waals surface area contributed by atoms with Crippen LogP contribution in [-0.4, -0.2) is 12.6 Å². The smallest absolute Gasteiger partial charge is 0.00104 e. The van der Waals surface area contributed by atoms with Gasteiger partial charge in [0.25, 0.3) is 0 Å². The Morgan fingerprint density at radius 2 is 2.00 bits per heavy atom. The molecule has 1 nitrogen and oxygen atoms in total. The van der Waals surface area contributed by atoms with Gasteiger partial charge in [0.2, 0.25) is 0 Å². The van der Waals surface area contributed by atoms with E-state index in [9.17, 15) is 0 Å². The molecule has 0 aliphatic rings. The maximum absolute atomic E-state index is 3.71. The summed E-state index contributed by atoms with van der Waals surface area (Å²) < 4.78 is 0. The first-order valence-corrected chi connectivity index (χ1v) is 4.51. The monoisotopic (exact) mass is 155 g/mol. The summed E-state index contributed by atoms with van der Waals surface area (Å²) in [6, 6.07) is 0.612. The number of nitrogens with one attached hydrogen (secondary N) is 1. The summed E-state index contributed by atoms with van der Waals surface area (Å²) >= 11 is 0. The van der Waals surface area contributed by atoms with Crippen molar-refractivity contribution in [2.45, 2.75) is 39.7 Å². The normalized spacial score (nSPS) is 13.5. The zero-order chi connectivity index (χ0) is 8.69. The van der Waals surface area contributed by atoms with Crippen molar-refractivity contribution < 1.29 is 0 Å². The fraction of sp³-hybridized carbons (Fsp3) is 0.800. The quantitative estimate of drug-likeness (QED) is 0.581. The number of rotatable bonds is 6. The molecule has 0 heterocycles. The fourth-order valence-corrected chi connectivity index (χ4v) is 0.941. The van der Waals surface area contributed by atoms with Gasteiger partial charge in [-0.1, -0.05) is 26.8 Å². The van der Waals surface area contributed by atoms with E-state index in [0.717, 1.165) is 18.9 Å². The second-order valence-corrected chi connectivity index (χ2v) is 3.53. The van der Waals surface area contributed by atoms with Crippen molar-refractivity contribution in [2.75, 3.05) is 6.54 Å². The first kappa shape index (κ1) is 10.7. The molecule has 1 unspecified atom stereocenters. The Hall–Kier alpha value is -0.300. The van der Waals surface area contributed by atoms with Gasteiger partial charge in [-0.05, 0) is 25.3 Å².